The van der Waals surface area contributed by atoms with Crippen molar-refractivity contribution in [3.8, 4) is 0 Å². The first-order valence-electron chi connectivity index (χ1n) is 4.56. The van der Waals surface area contributed by atoms with Crippen LogP contribution in [0.1, 0.15) is 11.5 Å². The van der Waals surface area contributed by atoms with Crippen molar-refractivity contribution < 1.29 is 4.42 Å². The van der Waals surface area contributed by atoms with E-state index in [1.54, 1.807) is 10.9 Å². The van der Waals surface area contributed by atoms with Crippen LogP contribution in [0.2, 0.25) is 0 Å². The highest BCUT2D eigenvalue weighted by atomic mass is 16.3. The maximum atomic E-state index is 5.67. The average Bonchev–Trinajstić information content (AvgIpc) is 2.74. The molecule has 14 heavy (non-hydrogen) atoms. The van der Waals surface area contributed by atoms with Crippen molar-refractivity contribution in [1.29, 1.82) is 0 Å². The second-order valence-corrected chi connectivity index (χ2v) is 3.26. The van der Waals surface area contributed by atoms with Crippen LogP contribution in [0.3, 0.4) is 0 Å². The van der Waals surface area contributed by atoms with Gasteiger partial charge in [0.15, 0.2) is 0 Å². The number of aromatic nitrogens is 2. The van der Waals surface area contributed by atoms with E-state index in [9.17, 15) is 0 Å². The van der Waals surface area contributed by atoms with Crippen molar-refractivity contribution in [2.24, 2.45) is 7.05 Å². The van der Waals surface area contributed by atoms with E-state index in [2.05, 4.69) is 5.10 Å². The van der Waals surface area contributed by atoms with Crippen molar-refractivity contribution in [3.63, 3.8) is 0 Å². The summed E-state index contributed by atoms with van der Waals surface area (Å²) in [5.74, 6) is 1.67. The van der Waals surface area contributed by atoms with Gasteiger partial charge in [0.05, 0.1) is 12.0 Å². The van der Waals surface area contributed by atoms with Gasteiger partial charge in [-0.05, 0) is 18.6 Å². The number of nitrogens with two attached hydrogens (primary N) is 1. The van der Waals surface area contributed by atoms with E-state index < -0.39 is 0 Å². The van der Waals surface area contributed by atoms with Gasteiger partial charge in [-0.2, -0.15) is 5.10 Å². The van der Waals surface area contributed by atoms with Gasteiger partial charge in [-0.25, -0.2) is 0 Å². The smallest absolute Gasteiger partial charge is 0.121 e. The molecular weight excluding hydrogens is 178 g/mol. The Labute approximate surface area is 82.3 Å². The van der Waals surface area contributed by atoms with Crippen LogP contribution in [0, 0.1) is 0 Å². The van der Waals surface area contributed by atoms with Gasteiger partial charge in [0.1, 0.15) is 11.6 Å². The third-order valence-corrected chi connectivity index (χ3v) is 2.17. The van der Waals surface area contributed by atoms with Crippen molar-refractivity contribution in [3.05, 3.63) is 35.9 Å². The molecule has 0 aliphatic heterocycles. The molecule has 0 aromatic carbocycles. The lowest BCUT2D eigenvalue weighted by Crippen LogP contribution is -1.97. The molecule has 2 heterocycles. The molecule has 0 aliphatic rings. The first-order chi connectivity index (χ1) is 6.75. The fourth-order valence-corrected chi connectivity index (χ4v) is 1.37. The second kappa shape index (κ2) is 3.57. The largest absolute Gasteiger partial charge is 0.469 e. The van der Waals surface area contributed by atoms with Gasteiger partial charge in [0, 0.05) is 19.5 Å². The predicted molar refractivity (Wildman–Crippen MR) is 53.7 cm³/mol. The summed E-state index contributed by atoms with van der Waals surface area (Å²) in [7, 11) is 1.84. The molecule has 0 fully saturated rings. The van der Waals surface area contributed by atoms with Crippen molar-refractivity contribution in [2.45, 2.75) is 12.8 Å². The molecule has 74 valence electrons. The van der Waals surface area contributed by atoms with Gasteiger partial charge in [0.25, 0.3) is 0 Å². The monoisotopic (exact) mass is 191 g/mol. The van der Waals surface area contributed by atoms with E-state index in [1.807, 2.05) is 25.2 Å². The Morgan fingerprint density at radius 3 is 2.93 bits per heavy atom. The fourth-order valence-electron chi connectivity index (χ4n) is 1.37. The Kier molecular flexibility index (Phi) is 2.26. The van der Waals surface area contributed by atoms with Gasteiger partial charge in [-0.3, -0.25) is 4.68 Å². The number of anilines is 1. The summed E-state index contributed by atoms with van der Waals surface area (Å²) >= 11 is 0. The molecule has 0 aliphatic carbocycles. The Balaban J connectivity index is 1.98. The number of nitrogen functional groups attached to an aromatic ring is 1. The molecular formula is C10H13N3O. The molecule has 0 atom stereocenters. The predicted octanol–water partition coefficient (Wildman–Crippen LogP) is 1.38. The van der Waals surface area contributed by atoms with Crippen molar-refractivity contribution in [2.75, 3.05) is 5.73 Å². The summed E-state index contributed by atoms with van der Waals surface area (Å²) in [6, 6.07) is 5.75. The molecule has 0 spiro atoms. The molecule has 2 rings (SSSR count). The summed E-state index contributed by atoms with van der Waals surface area (Å²) < 4.78 is 6.90. The maximum absolute atomic E-state index is 5.67. The highest BCUT2D eigenvalue weighted by Gasteiger charge is 2.03. The zero-order valence-corrected chi connectivity index (χ0v) is 8.10. The van der Waals surface area contributed by atoms with E-state index >= 15 is 0 Å². The van der Waals surface area contributed by atoms with Gasteiger partial charge < -0.3 is 10.2 Å². The van der Waals surface area contributed by atoms with Gasteiger partial charge in [-0.1, -0.05) is 0 Å². The number of aryl methyl sites for hydroxylation is 3. The number of rotatable bonds is 3. The molecule has 0 saturated heterocycles. The van der Waals surface area contributed by atoms with E-state index in [-0.39, 0.29) is 0 Å². The molecule has 4 heteroatoms. The summed E-state index contributed by atoms with van der Waals surface area (Å²) in [5, 5.41) is 4.26. The number of hydrogen-bond acceptors (Lipinski definition) is 3. The molecule has 0 radical (unpaired) electrons. The van der Waals surface area contributed by atoms with Crippen molar-refractivity contribution in [1.82, 2.24) is 9.78 Å². The van der Waals surface area contributed by atoms with Crippen LogP contribution in [0.4, 0.5) is 5.82 Å². The topological polar surface area (TPSA) is 57.0 Å². The minimum atomic E-state index is 0.694. The van der Waals surface area contributed by atoms with E-state index in [1.165, 1.54) is 0 Å². The minimum Gasteiger partial charge on any atom is -0.469 e. The highest BCUT2D eigenvalue weighted by molar-refractivity contribution is 5.30. The van der Waals surface area contributed by atoms with Gasteiger partial charge in [-0.15, -0.1) is 0 Å². The summed E-state index contributed by atoms with van der Waals surface area (Å²) in [4.78, 5) is 0. The molecule has 0 bridgehead atoms. The lowest BCUT2D eigenvalue weighted by atomic mass is 10.2. The minimum absolute atomic E-state index is 0.694. The lowest BCUT2D eigenvalue weighted by Gasteiger charge is -1.93. The molecule has 0 unspecified atom stereocenters. The van der Waals surface area contributed by atoms with E-state index in [4.69, 9.17) is 10.2 Å². The van der Waals surface area contributed by atoms with Crippen molar-refractivity contribution >= 4 is 5.82 Å². The normalized spacial score (nSPS) is 10.6. The van der Waals surface area contributed by atoms with Crippen LogP contribution in [-0.2, 0) is 19.9 Å². The highest BCUT2D eigenvalue weighted by Crippen LogP contribution is 2.09. The second-order valence-electron chi connectivity index (χ2n) is 3.26. The molecule has 2 aromatic rings. The van der Waals surface area contributed by atoms with Crippen LogP contribution >= 0.6 is 0 Å². The van der Waals surface area contributed by atoms with Crippen LogP contribution in [0.5, 0.6) is 0 Å². The quantitative estimate of drug-likeness (QED) is 0.797. The third-order valence-electron chi connectivity index (χ3n) is 2.17. The molecule has 0 amide bonds. The fraction of sp³-hybridized carbons (Fsp3) is 0.300. The molecule has 2 N–H and O–H groups in total. The summed E-state index contributed by atoms with van der Waals surface area (Å²) in [6.45, 7) is 0. The third kappa shape index (κ3) is 1.79. The summed E-state index contributed by atoms with van der Waals surface area (Å²) in [5.41, 5.74) is 6.67. The average molecular weight is 191 g/mol. The first-order valence-corrected chi connectivity index (χ1v) is 4.56. The number of nitrogens with zero attached hydrogens (tertiary/aromatic N) is 2. The number of hydrogen-bond donors (Lipinski definition) is 1. The van der Waals surface area contributed by atoms with Crippen LogP contribution in [-0.4, -0.2) is 9.78 Å². The Morgan fingerprint density at radius 1 is 1.50 bits per heavy atom. The van der Waals surface area contributed by atoms with Gasteiger partial charge >= 0.3 is 0 Å². The Hall–Kier alpha value is -1.71. The summed E-state index contributed by atoms with van der Waals surface area (Å²) in [6.07, 6.45) is 3.41. The SMILES string of the molecule is Cn1nc(CCc2ccco2)cc1N. The lowest BCUT2D eigenvalue weighted by molar-refractivity contribution is 0.507. The van der Waals surface area contributed by atoms with Crippen LogP contribution < -0.4 is 5.73 Å². The van der Waals surface area contributed by atoms with Crippen LogP contribution in [0.15, 0.2) is 28.9 Å². The first kappa shape index (κ1) is 8.87. The zero-order chi connectivity index (χ0) is 9.97. The molecule has 4 nitrogen and oxygen atoms in total. The number of furan rings is 1. The van der Waals surface area contributed by atoms with E-state index in [0.29, 0.717) is 5.82 Å². The van der Waals surface area contributed by atoms with Crippen LogP contribution in [0.25, 0.3) is 0 Å². The van der Waals surface area contributed by atoms with E-state index in [0.717, 1.165) is 24.3 Å². The Bertz CT molecular complexity index is 383. The van der Waals surface area contributed by atoms with Gasteiger partial charge in [0.2, 0.25) is 0 Å². The maximum Gasteiger partial charge on any atom is 0.121 e. The Morgan fingerprint density at radius 2 is 2.36 bits per heavy atom. The standard InChI is InChI=1S/C10H13N3O/c1-13-10(11)7-8(12-13)4-5-9-3-2-6-14-9/h2-3,6-7H,4-5,11H2,1H3. The zero-order valence-electron chi connectivity index (χ0n) is 8.10. The molecule has 2 aromatic heterocycles. The molecule has 0 saturated carbocycles.